The smallest absolute Gasteiger partial charge is 0.238 e. The Morgan fingerprint density at radius 3 is 2.40 bits per heavy atom. The minimum absolute atomic E-state index is 0.0517. The third-order valence-electron chi connectivity index (χ3n) is 4.14. The second-order valence-corrected chi connectivity index (χ2v) is 6.65. The minimum Gasteiger partial charge on any atom is -0.338 e. The molecule has 0 unspecified atom stereocenters. The maximum absolute atomic E-state index is 12.2. The first-order valence-corrected chi connectivity index (χ1v) is 8.73. The van der Waals surface area contributed by atoms with Gasteiger partial charge >= 0.3 is 0 Å². The molecule has 1 aliphatic heterocycles. The van der Waals surface area contributed by atoms with Crippen molar-refractivity contribution in [2.24, 2.45) is 0 Å². The van der Waals surface area contributed by atoms with Gasteiger partial charge in [-0.15, -0.1) is 0 Å². The van der Waals surface area contributed by atoms with Gasteiger partial charge in [0, 0.05) is 37.6 Å². The topological polar surface area (TPSA) is 61.4 Å². The quantitative estimate of drug-likeness (QED) is 0.908. The van der Waals surface area contributed by atoms with Crippen molar-refractivity contribution in [3.05, 3.63) is 46.7 Å². The highest BCUT2D eigenvalue weighted by Gasteiger charge is 2.21. The summed E-state index contributed by atoms with van der Waals surface area (Å²) in [6.45, 7) is 7.52. The Hall–Kier alpha value is -2.18. The predicted octanol–water partition coefficient (Wildman–Crippen LogP) is 2.51. The fraction of sp³-hybridized carbons (Fsp3) is 0.389. The molecule has 0 radical (unpaired) electrons. The number of nitrogens with zero attached hydrogens (tertiary/aromatic N) is 4. The van der Waals surface area contributed by atoms with Crippen LogP contribution in [-0.4, -0.2) is 53.5 Å². The number of carbonyl (C=O) groups is 1. The fourth-order valence-electron chi connectivity index (χ4n) is 2.91. The van der Waals surface area contributed by atoms with E-state index in [1.807, 2.05) is 32.0 Å². The molecule has 1 saturated heterocycles. The van der Waals surface area contributed by atoms with Gasteiger partial charge < -0.3 is 10.2 Å². The average Bonchev–Trinajstić information content (AvgIpc) is 2.57. The van der Waals surface area contributed by atoms with Crippen LogP contribution in [0, 0.1) is 13.8 Å². The van der Waals surface area contributed by atoms with Crippen molar-refractivity contribution in [3.63, 3.8) is 0 Å². The average molecular weight is 360 g/mol. The first kappa shape index (κ1) is 17.6. The third-order valence-corrected chi connectivity index (χ3v) is 4.47. The van der Waals surface area contributed by atoms with Crippen molar-refractivity contribution in [2.45, 2.75) is 13.8 Å². The molecule has 2 aromatic rings. The van der Waals surface area contributed by atoms with E-state index in [-0.39, 0.29) is 5.91 Å². The Morgan fingerprint density at radius 2 is 1.76 bits per heavy atom. The molecule has 3 rings (SSSR count). The highest BCUT2D eigenvalue weighted by Crippen LogP contribution is 2.20. The van der Waals surface area contributed by atoms with E-state index in [4.69, 9.17) is 11.6 Å². The largest absolute Gasteiger partial charge is 0.338 e. The highest BCUT2D eigenvalue weighted by atomic mass is 35.5. The number of nitrogens with one attached hydrogen (secondary N) is 1. The lowest BCUT2D eigenvalue weighted by Crippen LogP contribution is -2.49. The van der Waals surface area contributed by atoms with Crippen LogP contribution in [0.1, 0.15) is 11.4 Å². The maximum atomic E-state index is 12.2. The van der Waals surface area contributed by atoms with Crippen LogP contribution in [-0.2, 0) is 4.79 Å². The van der Waals surface area contributed by atoms with Gasteiger partial charge in [-0.1, -0.05) is 23.7 Å². The number of para-hydroxylation sites is 1. The maximum Gasteiger partial charge on any atom is 0.238 e. The van der Waals surface area contributed by atoms with Crippen LogP contribution in [0.3, 0.4) is 0 Å². The Labute approximate surface area is 152 Å². The SMILES string of the molecule is Cc1cc(C)nc(N2CCN(CC(=O)Nc3ccccc3Cl)CC2)n1. The van der Waals surface area contributed by atoms with E-state index in [2.05, 4.69) is 25.1 Å². The molecular weight excluding hydrogens is 338 g/mol. The molecule has 1 amide bonds. The summed E-state index contributed by atoms with van der Waals surface area (Å²) in [6, 6.07) is 9.23. The van der Waals surface area contributed by atoms with Crippen molar-refractivity contribution in [1.82, 2.24) is 14.9 Å². The van der Waals surface area contributed by atoms with E-state index in [1.165, 1.54) is 0 Å². The fourth-order valence-corrected chi connectivity index (χ4v) is 3.09. The molecule has 0 bridgehead atoms. The second-order valence-electron chi connectivity index (χ2n) is 6.24. The lowest BCUT2D eigenvalue weighted by atomic mass is 10.3. The van der Waals surface area contributed by atoms with E-state index in [0.29, 0.717) is 17.3 Å². The van der Waals surface area contributed by atoms with E-state index in [9.17, 15) is 4.79 Å². The van der Waals surface area contributed by atoms with Gasteiger partial charge in [-0.3, -0.25) is 9.69 Å². The van der Waals surface area contributed by atoms with Crippen molar-refractivity contribution in [3.8, 4) is 0 Å². The normalized spacial score (nSPS) is 15.2. The van der Waals surface area contributed by atoms with Gasteiger partial charge in [0.25, 0.3) is 0 Å². The molecule has 0 aliphatic carbocycles. The Bertz CT molecular complexity index is 739. The van der Waals surface area contributed by atoms with Gasteiger partial charge in [0.05, 0.1) is 17.3 Å². The van der Waals surface area contributed by atoms with Gasteiger partial charge in [-0.2, -0.15) is 0 Å². The number of hydrogen-bond acceptors (Lipinski definition) is 5. The van der Waals surface area contributed by atoms with Gasteiger partial charge in [0.2, 0.25) is 11.9 Å². The van der Waals surface area contributed by atoms with Crippen LogP contribution < -0.4 is 10.2 Å². The van der Waals surface area contributed by atoms with Gasteiger partial charge in [-0.05, 0) is 32.0 Å². The number of aromatic nitrogens is 2. The number of carbonyl (C=O) groups excluding carboxylic acids is 1. The molecule has 1 aliphatic rings. The molecule has 2 heterocycles. The molecule has 1 fully saturated rings. The van der Waals surface area contributed by atoms with Gasteiger partial charge in [0.15, 0.2) is 0 Å². The van der Waals surface area contributed by atoms with Crippen LogP contribution in [0.2, 0.25) is 5.02 Å². The Morgan fingerprint density at radius 1 is 1.12 bits per heavy atom. The van der Waals surface area contributed by atoms with Gasteiger partial charge in [0.1, 0.15) is 0 Å². The lowest BCUT2D eigenvalue weighted by Gasteiger charge is -2.34. The number of halogens is 1. The standard InChI is InChI=1S/C18H22ClN5O/c1-13-11-14(2)21-18(20-13)24-9-7-23(8-10-24)12-17(25)22-16-6-4-3-5-15(16)19/h3-6,11H,7-10,12H2,1-2H3,(H,22,25). The summed E-state index contributed by atoms with van der Waals surface area (Å²) in [5, 5.41) is 3.41. The summed E-state index contributed by atoms with van der Waals surface area (Å²) in [5.74, 6) is 0.724. The van der Waals surface area contributed by atoms with Crippen molar-refractivity contribution >= 4 is 29.1 Å². The third kappa shape index (κ3) is 4.67. The zero-order valence-corrected chi connectivity index (χ0v) is 15.3. The van der Waals surface area contributed by atoms with Gasteiger partial charge in [-0.25, -0.2) is 9.97 Å². The molecule has 0 spiro atoms. The number of hydrogen-bond donors (Lipinski definition) is 1. The summed E-state index contributed by atoms with van der Waals surface area (Å²) in [5.41, 5.74) is 2.60. The first-order valence-electron chi connectivity index (χ1n) is 8.35. The minimum atomic E-state index is -0.0517. The molecule has 6 nitrogen and oxygen atoms in total. The Balaban J connectivity index is 1.52. The van der Waals surface area contributed by atoms with Crippen molar-refractivity contribution < 1.29 is 4.79 Å². The Kier molecular flexibility index (Phi) is 5.50. The van der Waals surface area contributed by atoms with Crippen molar-refractivity contribution in [1.29, 1.82) is 0 Å². The number of anilines is 2. The molecule has 132 valence electrons. The number of piperazine rings is 1. The molecule has 1 aromatic carbocycles. The van der Waals surface area contributed by atoms with E-state index in [0.717, 1.165) is 43.5 Å². The van der Waals surface area contributed by atoms with Crippen LogP contribution in [0.25, 0.3) is 0 Å². The summed E-state index contributed by atoms with van der Waals surface area (Å²) in [4.78, 5) is 25.5. The van der Waals surface area contributed by atoms with E-state index >= 15 is 0 Å². The van der Waals surface area contributed by atoms with E-state index in [1.54, 1.807) is 12.1 Å². The van der Waals surface area contributed by atoms with Crippen LogP contribution in [0.15, 0.2) is 30.3 Å². The van der Waals surface area contributed by atoms with Crippen LogP contribution >= 0.6 is 11.6 Å². The second kappa shape index (κ2) is 7.80. The molecule has 25 heavy (non-hydrogen) atoms. The lowest BCUT2D eigenvalue weighted by molar-refractivity contribution is -0.117. The van der Waals surface area contributed by atoms with Crippen LogP contribution in [0.5, 0.6) is 0 Å². The van der Waals surface area contributed by atoms with E-state index < -0.39 is 0 Å². The zero-order valence-electron chi connectivity index (χ0n) is 14.5. The number of benzene rings is 1. The molecular formula is C18H22ClN5O. The summed E-state index contributed by atoms with van der Waals surface area (Å²) in [6.07, 6.45) is 0. The number of rotatable bonds is 4. The summed E-state index contributed by atoms with van der Waals surface area (Å²) in [7, 11) is 0. The number of aryl methyl sites for hydroxylation is 2. The number of amides is 1. The monoisotopic (exact) mass is 359 g/mol. The molecule has 1 aromatic heterocycles. The molecule has 0 saturated carbocycles. The predicted molar refractivity (Wildman–Crippen MR) is 100 cm³/mol. The zero-order chi connectivity index (χ0) is 17.8. The van der Waals surface area contributed by atoms with Crippen LogP contribution in [0.4, 0.5) is 11.6 Å². The molecule has 0 atom stereocenters. The van der Waals surface area contributed by atoms with Crippen molar-refractivity contribution in [2.75, 3.05) is 42.9 Å². The molecule has 1 N–H and O–H groups in total. The summed E-state index contributed by atoms with van der Waals surface area (Å²) >= 11 is 6.07. The highest BCUT2D eigenvalue weighted by molar-refractivity contribution is 6.33. The molecule has 7 heteroatoms. The first-order chi connectivity index (χ1) is 12.0. The summed E-state index contributed by atoms with van der Waals surface area (Å²) < 4.78 is 0.